The largest absolute Gasteiger partial charge is 0.497 e. The Bertz CT molecular complexity index is 917. The Balaban J connectivity index is 1.43. The molecular formula is C23H25ClN2O3S. The van der Waals surface area contributed by atoms with Crippen molar-refractivity contribution >= 4 is 35.1 Å². The molecule has 1 heterocycles. The Morgan fingerprint density at radius 1 is 1.13 bits per heavy atom. The van der Waals surface area contributed by atoms with E-state index in [9.17, 15) is 9.59 Å². The summed E-state index contributed by atoms with van der Waals surface area (Å²) >= 11 is 8.12. The van der Waals surface area contributed by atoms with Gasteiger partial charge in [0.05, 0.1) is 20.2 Å². The molecule has 1 aliphatic heterocycles. The van der Waals surface area contributed by atoms with Crippen molar-refractivity contribution in [3.63, 3.8) is 0 Å². The van der Waals surface area contributed by atoms with Crippen LogP contribution in [0.3, 0.4) is 0 Å². The molecule has 0 bridgehead atoms. The number of thioether (sulfide) groups is 1. The number of benzene rings is 2. The molecule has 1 atom stereocenters. The smallest absolute Gasteiger partial charge is 0.237 e. The van der Waals surface area contributed by atoms with E-state index < -0.39 is 0 Å². The highest BCUT2D eigenvalue weighted by atomic mass is 35.5. The molecule has 1 amide bonds. The van der Waals surface area contributed by atoms with Crippen molar-refractivity contribution in [2.75, 3.05) is 32.5 Å². The van der Waals surface area contributed by atoms with Crippen molar-refractivity contribution < 1.29 is 14.3 Å². The molecule has 0 radical (unpaired) electrons. The van der Waals surface area contributed by atoms with Crippen LogP contribution in [0.4, 0.5) is 0 Å². The minimum absolute atomic E-state index is 0.0239. The Hall–Kier alpha value is -2.02. The lowest BCUT2D eigenvalue weighted by Crippen LogP contribution is -2.43. The maximum atomic E-state index is 13.2. The number of hydrogen-bond acceptors (Lipinski definition) is 5. The van der Waals surface area contributed by atoms with Gasteiger partial charge in [0, 0.05) is 34.5 Å². The average molecular weight is 445 g/mol. The van der Waals surface area contributed by atoms with Gasteiger partial charge in [-0.25, -0.2) is 0 Å². The van der Waals surface area contributed by atoms with E-state index in [0.717, 1.165) is 29.9 Å². The van der Waals surface area contributed by atoms with Crippen molar-refractivity contribution in [1.29, 1.82) is 0 Å². The first-order chi connectivity index (χ1) is 14.6. The van der Waals surface area contributed by atoms with Crippen LogP contribution in [0.15, 0.2) is 48.5 Å². The van der Waals surface area contributed by atoms with Crippen LogP contribution in [0.2, 0.25) is 5.02 Å². The number of nitrogens with zero attached hydrogens (tertiary/aromatic N) is 2. The monoisotopic (exact) mass is 444 g/mol. The van der Waals surface area contributed by atoms with E-state index in [1.165, 1.54) is 0 Å². The van der Waals surface area contributed by atoms with Crippen molar-refractivity contribution in [2.45, 2.75) is 24.3 Å². The number of halogens is 1. The van der Waals surface area contributed by atoms with E-state index in [4.69, 9.17) is 16.3 Å². The minimum Gasteiger partial charge on any atom is -0.497 e. The zero-order valence-electron chi connectivity index (χ0n) is 16.9. The summed E-state index contributed by atoms with van der Waals surface area (Å²) in [5.74, 6) is 1.68. The van der Waals surface area contributed by atoms with Gasteiger partial charge in [-0.05, 0) is 43.2 Å². The molecule has 2 fully saturated rings. The molecule has 2 aliphatic rings. The van der Waals surface area contributed by atoms with Crippen LogP contribution in [-0.4, -0.2) is 60.0 Å². The molecule has 158 valence electrons. The minimum atomic E-state index is -0.0652. The Morgan fingerprint density at radius 2 is 1.87 bits per heavy atom. The molecule has 5 nitrogen and oxygen atoms in total. The van der Waals surface area contributed by atoms with E-state index in [2.05, 4.69) is 0 Å². The van der Waals surface area contributed by atoms with Crippen LogP contribution in [0.1, 0.15) is 34.1 Å². The summed E-state index contributed by atoms with van der Waals surface area (Å²) in [6, 6.07) is 15.1. The number of Topliss-reactive ketones (excluding diaryl/α,β-unsaturated/α-hetero) is 1. The summed E-state index contributed by atoms with van der Waals surface area (Å²) in [7, 11) is 1.60. The molecular weight excluding hydrogens is 420 g/mol. The van der Waals surface area contributed by atoms with Crippen LogP contribution in [0, 0.1) is 0 Å². The fourth-order valence-corrected chi connectivity index (χ4v) is 5.35. The first kappa shape index (κ1) is 21.2. The second kappa shape index (κ2) is 9.41. The van der Waals surface area contributed by atoms with Crippen LogP contribution in [-0.2, 0) is 4.79 Å². The summed E-state index contributed by atoms with van der Waals surface area (Å²) in [5.41, 5.74) is 1.61. The van der Waals surface area contributed by atoms with E-state index in [-0.39, 0.29) is 30.2 Å². The van der Waals surface area contributed by atoms with Crippen molar-refractivity contribution in [1.82, 2.24) is 9.80 Å². The predicted molar refractivity (Wildman–Crippen MR) is 120 cm³/mol. The number of hydrogen-bond donors (Lipinski definition) is 0. The molecule has 1 saturated carbocycles. The normalized spacial score (nSPS) is 18.6. The fourth-order valence-electron chi connectivity index (χ4n) is 3.73. The molecule has 0 aromatic heterocycles. The number of amides is 1. The Labute approximate surface area is 186 Å². The first-order valence-electron chi connectivity index (χ1n) is 10.1. The third kappa shape index (κ3) is 4.82. The van der Waals surface area contributed by atoms with Gasteiger partial charge in [-0.3, -0.25) is 14.5 Å². The third-order valence-electron chi connectivity index (χ3n) is 5.54. The highest BCUT2D eigenvalue weighted by molar-refractivity contribution is 7.99. The molecule has 0 N–H and O–H groups in total. The molecule has 1 aliphatic carbocycles. The maximum absolute atomic E-state index is 13.2. The molecule has 30 heavy (non-hydrogen) atoms. The van der Waals surface area contributed by atoms with Crippen LogP contribution in [0.5, 0.6) is 5.75 Å². The van der Waals surface area contributed by atoms with Crippen LogP contribution >= 0.6 is 23.4 Å². The zero-order valence-corrected chi connectivity index (χ0v) is 18.5. The van der Waals surface area contributed by atoms with Crippen molar-refractivity contribution in [2.24, 2.45) is 0 Å². The summed E-state index contributed by atoms with van der Waals surface area (Å²) < 4.78 is 5.16. The van der Waals surface area contributed by atoms with Gasteiger partial charge in [-0.2, -0.15) is 0 Å². The zero-order chi connectivity index (χ0) is 21.1. The van der Waals surface area contributed by atoms with Gasteiger partial charge in [0.1, 0.15) is 11.1 Å². The van der Waals surface area contributed by atoms with Crippen molar-refractivity contribution in [3.8, 4) is 5.75 Å². The molecule has 2 aromatic rings. The maximum Gasteiger partial charge on any atom is 0.237 e. The molecule has 1 unspecified atom stereocenters. The fraction of sp³-hybridized carbons (Fsp3) is 0.391. The molecule has 4 rings (SSSR count). The summed E-state index contributed by atoms with van der Waals surface area (Å²) in [6.45, 7) is 1.21. The molecule has 7 heteroatoms. The summed E-state index contributed by atoms with van der Waals surface area (Å²) in [4.78, 5) is 29.9. The highest BCUT2D eigenvalue weighted by Crippen LogP contribution is 2.41. The van der Waals surface area contributed by atoms with E-state index in [0.29, 0.717) is 23.2 Å². The quantitative estimate of drug-likeness (QED) is 0.569. The van der Waals surface area contributed by atoms with E-state index >= 15 is 0 Å². The number of carbonyl (C=O) groups excluding carboxylic acids is 2. The number of carbonyl (C=O) groups is 2. The molecule has 2 aromatic carbocycles. The van der Waals surface area contributed by atoms with Gasteiger partial charge in [0.2, 0.25) is 5.91 Å². The third-order valence-corrected chi connectivity index (χ3v) is 7.13. The van der Waals surface area contributed by atoms with Crippen LogP contribution in [0.25, 0.3) is 0 Å². The Morgan fingerprint density at radius 3 is 2.53 bits per heavy atom. The van der Waals surface area contributed by atoms with Gasteiger partial charge in [-0.15, -0.1) is 11.8 Å². The van der Waals surface area contributed by atoms with Gasteiger partial charge in [-0.1, -0.05) is 29.8 Å². The standard InChI is InChI=1S/C23H25ClN2O3S/c1-29-18-10-6-16(7-11-18)21(27)14-25(17-8-9-17)15-22(28)26-12-13-30-23(26)19-4-2-3-5-20(19)24/h2-7,10-11,17,23H,8-9,12-15H2,1H3. The van der Waals surface area contributed by atoms with Crippen LogP contribution < -0.4 is 4.74 Å². The summed E-state index contributed by atoms with van der Waals surface area (Å²) in [6.07, 6.45) is 2.07. The number of ketones is 1. The molecule has 0 spiro atoms. The van der Waals surface area contributed by atoms with Crippen molar-refractivity contribution in [3.05, 3.63) is 64.7 Å². The first-order valence-corrected chi connectivity index (χ1v) is 11.6. The number of methoxy groups -OCH3 is 1. The second-order valence-electron chi connectivity index (χ2n) is 7.62. The van der Waals surface area contributed by atoms with E-state index in [1.807, 2.05) is 34.1 Å². The molecule has 1 saturated heterocycles. The lowest BCUT2D eigenvalue weighted by atomic mass is 10.1. The predicted octanol–water partition coefficient (Wildman–Crippen LogP) is 4.27. The number of ether oxygens (including phenoxy) is 1. The van der Waals surface area contributed by atoms with Gasteiger partial charge in [0.15, 0.2) is 5.78 Å². The topological polar surface area (TPSA) is 49.9 Å². The van der Waals surface area contributed by atoms with Gasteiger partial charge in [0.25, 0.3) is 0 Å². The van der Waals surface area contributed by atoms with Gasteiger partial charge >= 0.3 is 0 Å². The average Bonchev–Trinajstić information content (AvgIpc) is 3.50. The lowest BCUT2D eigenvalue weighted by molar-refractivity contribution is -0.132. The highest BCUT2D eigenvalue weighted by Gasteiger charge is 2.36. The Kier molecular flexibility index (Phi) is 6.66. The second-order valence-corrected chi connectivity index (χ2v) is 9.21. The SMILES string of the molecule is COc1ccc(C(=O)CN(CC(=O)N2CCSC2c2ccccc2Cl)C2CC2)cc1. The number of rotatable bonds is 8. The van der Waals surface area contributed by atoms with E-state index in [1.54, 1.807) is 43.1 Å². The lowest BCUT2D eigenvalue weighted by Gasteiger charge is -2.28. The van der Waals surface area contributed by atoms with Gasteiger partial charge < -0.3 is 9.64 Å². The summed E-state index contributed by atoms with van der Waals surface area (Å²) in [5, 5.41) is 0.618.